The van der Waals surface area contributed by atoms with Gasteiger partial charge in [-0.2, -0.15) is 0 Å². The molecule has 2 unspecified atom stereocenters. The van der Waals surface area contributed by atoms with Crippen molar-refractivity contribution in [1.29, 1.82) is 0 Å². The molecule has 0 fully saturated rings. The second kappa shape index (κ2) is 4.85. The molecule has 2 atom stereocenters. The summed E-state index contributed by atoms with van der Waals surface area (Å²) in [4.78, 5) is 15.9. The topological polar surface area (TPSA) is 95.6 Å². The van der Waals surface area contributed by atoms with Crippen LogP contribution < -0.4 is 5.56 Å². The Hall–Kier alpha value is -1.76. The van der Waals surface area contributed by atoms with Gasteiger partial charge in [-0.3, -0.25) is 4.79 Å². The summed E-state index contributed by atoms with van der Waals surface area (Å²) in [6.45, 7) is -0.551. The van der Waals surface area contributed by atoms with Gasteiger partial charge in [-0.15, -0.1) is 0 Å². The smallest absolute Gasteiger partial charge is 0.260 e. The van der Waals surface area contributed by atoms with Gasteiger partial charge in [0.1, 0.15) is 12.2 Å². The number of hydrogen-bond donors (Lipinski definition) is 3. The highest BCUT2D eigenvalue weighted by Crippen LogP contribution is 2.19. The van der Waals surface area contributed by atoms with E-state index in [0.717, 1.165) is 0 Å². The average Bonchev–Trinajstić information content (AvgIpc) is 2.41. The SMILES string of the molecule is Cn1cnc2ccc(C(O)C(O)CO)cc2c1=O. The van der Waals surface area contributed by atoms with Crippen molar-refractivity contribution in [3.63, 3.8) is 0 Å². The highest BCUT2D eigenvalue weighted by Gasteiger charge is 2.18. The predicted octanol–water partition coefficient (Wildman–Crippen LogP) is -0.680. The molecule has 0 bridgehead atoms. The number of aryl methyl sites for hydroxylation is 1. The van der Waals surface area contributed by atoms with Crippen molar-refractivity contribution < 1.29 is 15.3 Å². The zero-order valence-electron chi connectivity index (χ0n) is 9.82. The zero-order valence-corrected chi connectivity index (χ0v) is 9.82. The molecule has 0 spiro atoms. The third kappa shape index (κ3) is 2.13. The van der Waals surface area contributed by atoms with E-state index < -0.39 is 18.8 Å². The summed E-state index contributed by atoms with van der Waals surface area (Å²) in [5.74, 6) is 0. The fourth-order valence-corrected chi connectivity index (χ4v) is 1.73. The second-order valence-electron chi connectivity index (χ2n) is 4.13. The average molecular weight is 250 g/mol. The van der Waals surface area contributed by atoms with Crippen molar-refractivity contribution in [3.8, 4) is 0 Å². The molecule has 3 N–H and O–H groups in total. The van der Waals surface area contributed by atoms with E-state index in [-0.39, 0.29) is 5.56 Å². The highest BCUT2D eigenvalue weighted by molar-refractivity contribution is 5.78. The van der Waals surface area contributed by atoms with Crippen LogP contribution in [0, 0.1) is 0 Å². The van der Waals surface area contributed by atoms with Crippen LogP contribution in [0.4, 0.5) is 0 Å². The molecule has 0 aliphatic carbocycles. The fraction of sp³-hybridized carbons (Fsp3) is 0.333. The van der Waals surface area contributed by atoms with Crippen molar-refractivity contribution in [2.24, 2.45) is 7.05 Å². The number of aliphatic hydroxyl groups is 3. The number of rotatable bonds is 3. The van der Waals surface area contributed by atoms with Gasteiger partial charge in [0.15, 0.2) is 0 Å². The first-order chi connectivity index (χ1) is 8.54. The summed E-state index contributed by atoms with van der Waals surface area (Å²) >= 11 is 0. The molecule has 1 aromatic carbocycles. The molecular formula is C12H14N2O4. The highest BCUT2D eigenvalue weighted by atomic mass is 16.4. The predicted molar refractivity (Wildman–Crippen MR) is 65.0 cm³/mol. The third-order valence-electron chi connectivity index (χ3n) is 2.83. The summed E-state index contributed by atoms with van der Waals surface area (Å²) in [5.41, 5.74) is 0.661. The molecule has 2 rings (SSSR count). The van der Waals surface area contributed by atoms with E-state index in [9.17, 15) is 15.0 Å². The molecule has 0 aliphatic rings. The maximum Gasteiger partial charge on any atom is 0.260 e. The van der Waals surface area contributed by atoms with Crippen LogP contribution in [-0.2, 0) is 7.05 Å². The van der Waals surface area contributed by atoms with Crippen LogP contribution in [0.5, 0.6) is 0 Å². The Bertz CT molecular complexity index is 623. The van der Waals surface area contributed by atoms with Crippen LogP contribution in [0.25, 0.3) is 10.9 Å². The number of fused-ring (bicyclic) bond motifs is 1. The van der Waals surface area contributed by atoms with Gasteiger partial charge in [-0.05, 0) is 17.7 Å². The monoisotopic (exact) mass is 250 g/mol. The van der Waals surface area contributed by atoms with Crippen LogP contribution in [0.3, 0.4) is 0 Å². The van der Waals surface area contributed by atoms with Crippen molar-refractivity contribution in [1.82, 2.24) is 9.55 Å². The van der Waals surface area contributed by atoms with E-state index in [2.05, 4.69) is 4.98 Å². The maximum atomic E-state index is 11.9. The van der Waals surface area contributed by atoms with Crippen LogP contribution >= 0.6 is 0 Å². The lowest BCUT2D eigenvalue weighted by Crippen LogP contribution is -2.22. The Kier molecular flexibility index (Phi) is 3.42. The van der Waals surface area contributed by atoms with Gasteiger partial charge < -0.3 is 19.9 Å². The second-order valence-corrected chi connectivity index (χ2v) is 4.13. The minimum absolute atomic E-state index is 0.229. The number of nitrogens with zero attached hydrogens (tertiary/aromatic N) is 2. The van der Waals surface area contributed by atoms with Crippen LogP contribution in [-0.4, -0.2) is 37.6 Å². The summed E-state index contributed by atoms with van der Waals surface area (Å²) in [6.07, 6.45) is -1.09. The van der Waals surface area contributed by atoms with E-state index in [1.165, 1.54) is 17.0 Å². The Labute approximate surface area is 103 Å². The van der Waals surface area contributed by atoms with Gasteiger partial charge in [-0.25, -0.2) is 4.98 Å². The fourth-order valence-electron chi connectivity index (χ4n) is 1.73. The lowest BCUT2D eigenvalue weighted by molar-refractivity contribution is -0.0152. The molecule has 0 saturated heterocycles. The molecule has 96 valence electrons. The molecular weight excluding hydrogens is 236 g/mol. The quantitative estimate of drug-likeness (QED) is 0.671. The van der Waals surface area contributed by atoms with Gasteiger partial charge in [0.25, 0.3) is 5.56 Å². The van der Waals surface area contributed by atoms with E-state index in [1.807, 2.05) is 0 Å². The summed E-state index contributed by atoms with van der Waals surface area (Å²) in [5, 5.41) is 28.3. The standard InChI is InChI=1S/C12H14N2O4/c1-14-6-13-9-3-2-7(4-8(9)12(14)18)11(17)10(16)5-15/h2-4,6,10-11,15-17H,5H2,1H3. The Morgan fingerprint density at radius 1 is 1.39 bits per heavy atom. The number of benzene rings is 1. The molecule has 18 heavy (non-hydrogen) atoms. The molecule has 0 amide bonds. The Balaban J connectivity index is 2.56. The zero-order chi connectivity index (χ0) is 13.3. The lowest BCUT2D eigenvalue weighted by atomic mass is 10.0. The van der Waals surface area contributed by atoms with E-state index >= 15 is 0 Å². The van der Waals surface area contributed by atoms with Crippen LogP contribution in [0.15, 0.2) is 29.3 Å². The van der Waals surface area contributed by atoms with Gasteiger partial charge in [0.2, 0.25) is 0 Å². The number of hydrogen-bond acceptors (Lipinski definition) is 5. The van der Waals surface area contributed by atoms with Gasteiger partial charge in [-0.1, -0.05) is 6.07 Å². The first-order valence-electron chi connectivity index (χ1n) is 5.47. The maximum absolute atomic E-state index is 11.9. The number of aromatic nitrogens is 2. The third-order valence-corrected chi connectivity index (χ3v) is 2.83. The normalized spacial score (nSPS) is 14.7. The molecule has 6 heteroatoms. The Morgan fingerprint density at radius 2 is 2.11 bits per heavy atom. The van der Waals surface area contributed by atoms with E-state index in [0.29, 0.717) is 16.5 Å². The summed E-state index contributed by atoms with van der Waals surface area (Å²) in [7, 11) is 1.58. The molecule has 6 nitrogen and oxygen atoms in total. The Morgan fingerprint density at radius 3 is 2.78 bits per heavy atom. The first-order valence-corrected chi connectivity index (χ1v) is 5.47. The van der Waals surface area contributed by atoms with Gasteiger partial charge >= 0.3 is 0 Å². The van der Waals surface area contributed by atoms with Crippen molar-refractivity contribution in [3.05, 3.63) is 40.4 Å². The largest absolute Gasteiger partial charge is 0.394 e. The van der Waals surface area contributed by atoms with Crippen LogP contribution in [0.1, 0.15) is 11.7 Å². The molecule has 0 aliphatic heterocycles. The van der Waals surface area contributed by atoms with Crippen molar-refractivity contribution in [2.75, 3.05) is 6.61 Å². The lowest BCUT2D eigenvalue weighted by Gasteiger charge is -2.16. The molecule has 2 aromatic rings. The van der Waals surface area contributed by atoms with Gasteiger partial charge in [0.05, 0.1) is 23.8 Å². The molecule has 0 radical (unpaired) electrons. The molecule has 1 heterocycles. The first kappa shape index (κ1) is 12.7. The number of aliphatic hydroxyl groups excluding tert-OH is 3. The molecule has 1 aromatic heterocycles. The minimum Gasteiger partial charge on any atom is -0.394 e. The summed E-state index contributed by atoms with van der Waals surface area (Å²) in [6, 6.07) is 4.64. The summed E-state index contributed by atoms with van der Waals surface area (Å²) < 4.78 is 1.33. The van der Waals surface area contributed by atoms with Crippen molar-refractivity contribution >= 4 is 10.9 Å². The molecule has 0 saturated carbocycles. The van der Waals surface area contributed by atoms with E-state index in [1.54, 1.807) is 19.2 Å². The van der Waals surface area contributed by atoms with Gasteiger partial charge in [0, 0.05) is 7.05 Å². The van der Waals surface area contributed by atoms with Crippen molar-refractivity contribution in [2.45, 2.75) is 12.2 Å². The van der Waals surface area contributed by atoms with E-state index in [4.69, 9.17) is 5.11 Å². The van der Waals surface area contributed by atoms with Crippen LogP contribution in [0.2, 0.25) is 0 Å². The minimum atomic E-state index is -1.28.